The van der Waals surface area contributed by atoms with E-state index in [1.54, 1.807) is 0 Å². The van der Waals surface area contributed by atoms with Crippen LogP contribution >= 0.6 is 0 Å². The van der Waals surface area contributed by atoms with E-state index in [1.807, 2.05) is 0 Å². The molecular weight excluding hydrogens is 105 g/mol. The molecule has 0 unspecified atom stereocenters. The fraction of sp³-hybridized carbons (Fsp3) is 0.500. The van der Waals surface area contributed by atoms with Gasteiger partial charge in [-0.05, 0) is 0 Å². The van der Waals surface area contributed by atoms with Crippen LogP contribution in [0.1, 0.15) is 0 Å². The molecule has 0 aliphatic rings. The molecule has 0 saturated carbocycles. The summed E-state index contributed by atoms with van der Waals surface area (Å²) in [6.45, 7) is 0. The van der Waals surface area contributed by atoms with Crippen molar-refractivity contribution in [2.45, 2.75) is 0 Å². The maximum atomic E-state index is 8.25. The Morgan fingerprint density at radius 1 is 1.25 bits per heavy atom. The van der Waals surface area contributed by atoms with Crippen LogP contribution in [-0.2, 0) is 19.5 Å². The molecule has 0 rings (SSSR count). The Balaban J connectivity index is -0.00000000500. The molecule has 0 bridgehead atoms. The van der Waals surface area contributed by atoms with Crippen molar-refractivity contribution in [1.29, 1.82) is 0 Å². The van der Waals surface area contributed by atoms with E-state index in [0.717, 1.165) is 7.11 Å². The Morgan fingerprint density at radius 2 is 1.25 bits per heavy atom. The second-order valence-electron chi connectivity index (χ2n) is 0. The van der Waals surface area contributed by atoms with Crippen LogP contribution in [0.25, 0.3) is 0 Å². The van der Waals surface area contributed by atoms with E-state index in [-0.39, 0.29) is 26.9 Å². The Labute approximate surface area is 39.8 Å². The van der Waals surface area contributed by atoms with Crippen LogP contribution < -0.4 is 5.11 Å². The molecule has 0 N–H and O–H groups in total. The maximum Gasteiger partial charge on any atom is 2.00 e. The van der Waals surface area contributed by atoms with Crippen LogP contribution in [0.4, 0.5) is 0 Å². The molecule has 0 aromatic carbocycles. The first-order chi connectivity index (χ1) is 1.00. The van der Waals surface area contributed by atoms with E-state index in [9.17, 15) is 0 Å². The first-order valence-electron chi connectivity index (χ1n) is 0.408. The van der Waals surface area contributed by atoms with Crippen LogP contribution in [0.2, 0.25) is 0 Å². The predicted octanol–water partition coefficient (Wildman–Crippen LogP) is -0.576. The Hall–Kier alpha value is 0.583. The molecule has 1 nitrogen and oxygen atoms in total. The normalized spacial score (nSPS) is 1.50. The average molecular weight is 111 g/mol. The summed E-state index contributed by atoms with van der Waals surface area (Å²) in [5.74, 6) is 0. The zero-order chi connectivity index (χ0) is 2.00. The van der Waals surface area contributed by atoms with Gasteiger partial charge in [0.05, 0.1) is 0 Å². The Bertz CT molecular complexity index is 6.00. The Kier molecular flexibility index (Phi) is 412. The van der Waals surface area contributed by atoms with Gasteiger partial charge in [-0.2, -0.15) is 7.11 Å². The van der Waals surface area contributed by atoms with Gasteiger partial charge >= 0.3 is 19.5 Å². The topological polar surface area (TPSA) is 23.1 Å². The molecular formula is C2H6OZn. The van der Waals surface area contributed by atoms with E-state index in [0.29, 0.717) is 0 Å². The monoisotopic (exact) mass is 110 g/mol. The maximum absolute atomic E-state index is 8.25. The molecule has 22 valence electrons. The summed E-state index contributed by atoms with van der Waals surface area (Å²) in [7, 11) is 0.750. The molecule has 4 heavy (non-hydrogen) atoms. The van der Waals surface area contributed by atoms with Gasteiger partial charge in [-0.3, -0.25) is 0 Å². The van der Waals surface area contributed by atoms with Gasteiger partial charge in [0.25, 0.3) is 0 Å². The van der Waals surface area contributed by atoms with Gasteiger partial charge in [0.2, 0.25) is 0 Å². The molecule has 0 spiro atoms. The molecule has 0 atom stereocenters. The molecule has 2 heteroatoms. The largest absolute Gasteiger partial charge is 2.00 e. The minimum atomic E-state index is 0. The van der Waals surface area contributed by atoms with Crippen molar-refractivity contribution in [1.82, 2.24) is 0 Å². The van der Waals surface area contributed by atoms with Gasteiger partial charge in [0, 0.05) is 0 Å². The van der Waals surface area contributed by atoms with E-state index in [4.69, 9.17) is 5.11 Å². The molecule has 0 aromatic heterocycles. The van der Waals surface area contributed by atoms with Gasteiger partial charge in [-0.1, -0.05) is 0 Å². The van der Waals surface area contributed by atoms with Crippen LogP contribution in [0, 0.1) is 7.43 Å². The van der Waals surface area contributed by atoms with E-state index >= 15 is 0 Å². The van der Waals surface area contributed by atoms with Crippen molar-refractivity contribution in [3.8, 4) is 0 Å². The van der Waals surface area contributed by atoms with Gasteiger partial charge in [-0.15, -0.1) is 0 Å². The minimum Gasteiger partial charge on any atom is -0.857 e. The van der Waals surface area contributed by atoms with Crippen molar-refractivity contribution in [2.75, 3.05) is 7.11 Å². The van der Waals surface area contributed by atoms with Crippen molar-refractivity contribution in [3.05, 3.63) is 7.43 Å². The summed E-state index contributed by atoms with van der Waals surface area (Å²) in [5.41, 5.74) is 0. The standard InChI is InChI=1S/CH3O.CH3.Zn/c1-2;;/h1H3;1H3;/q2*-1;+2. The number of hydrogen-bond donors (Lipinski definition) is 0. The zero-order valence-corrected chi connectivity index (χ0v) is 6.08. The number of hydrogen-bond acceptors (Lipinski definition) is 1. The molecule has 0 aliphatic heterocycles. The fourth-order valence-corrected chi connectivity index (χ4v) is 0. The number of rotatable bonds is 0. The van der Waals surface area contributed by atoms with Gasteiger partial charge in [0.15, 0.2) is 0 Å². The minimum absolute atomic E-state index is 0. The smallest absolute Gasteiger partial charge is 0.857 e. The zero-order valence-electron chi connectivity index (χ0n) is 3.12. The predicted molar refractivity (Wildman–Crippen MR) is 12.3 cm³/mol. The van der Waals surface area contributed by atoms with E-state index in [1.165, 1.54) is 0 Å². The molecule has 0 saturated heterocycles. The third-order valence-corrected chi connectivity index (χ3v) is 0. The second kappa shape index (κ2) is 70.3. The summed E-state index contributed by atoms with van der Waals surface area (Å²) >= 11 is 0. The van der Waals surface area contributed by atoms with Crippen molar-refractivity contribution >= 4 is 0 Å². The summed E-state index contributed by atoms with van der Waals surface area (Å²) in [5, 5.41) is 8.25. The average Bonchev–Trinajstić information content (AvgIpc) is 1.00. The van der Waals surface area contributed by atoms with E-state index < -0.39 is 0 Å². The van der Waals surface area contributed by atoms with E-state index in [2.05, 4.69) is 0 Å². The SMILES string of the molecule is C[O-].[CH3-].[Zn+2]. The van der Waals surface area contributed by atoms with Gasteiger partial charge in [-0.25, -0.2) is 0 Å². The fourth-order valence-electron chi connectivity index (χ4n) is 0. The van der Waals surface area contributed by atoms with Crippen molar-refractivity contribution < 1.29 is 24.6 Å². The van der Waals surface area contributed by atoms with Crippen LogP contribution in [0.15, 0.2) is 0 Å². The summed E-state index contributed by atoms with van der Waals surface area (Å²) in [6, 6.07) is 0. The quantitative estimate of drug-likeness (QED) is 0.303. The molecule has 0 aromatic rings. The first-order valence-corrected chi connectivity index (χ1v) is 0.408. The van der Waals surface area contributed by atoms with Gasteiger partial charge in [0.1, 0.15) is 0 Å². The molecule has 0 amide bonds. The van der Waals surface area contributed by atoms with Crippen molar-refractivity contribution in [2.24, 2.45) is 0 Å². The third kappa shape index (κ3) is 19.0. The van der Waals surface area contributed by atoms with Gasteiger partial charge < -0.3 is 12.5 Å². The summed E-state index contributed by atoms with van der Waals surface area (Å²) in [4.78, 5) is 0. The second-order valence-corrected chi connectivity index (χ2v) is 0. The Morgan fingerprint density at radius 3 is 1.25 bits per heavy atom. The first kappa shape index (κ1) is 23.5. The summed E-state index contributed by atoms with van der Waals surface area (Å²) < 4.78 is 0. The molecule has 0 fully saturated rings. The van der Waals surface area contributed by atoms with Crippen LogP contribution in [0.3, 0.4) is 0 Å². The molecule has 0 radical (unpaired) electrons. The van der Waals surface area contributed by atoms with Crippen LogP contribution in [0.5, 0.6) is 0 Å². The third-order valence-electron chi connectivity index (χ3n) is 0. The van der Waals surface area contributed by atoms with Crippen LogP contribution in [-0.4, -0.2) is 7.11 Å². The van der Waals surface area contributed by atoms with Crippen molar-refractivity contribution in [3.63, 3.8) is 0 Å². The molecule has 0 heterocycles. The summed E-state index contributed by atoms with van der Waals surface area (Å²) in [6.07, 6.45) is 0. The molecule has 0 aliphatic carbocycles.